The van der Waals surface area contributed by atoms with Crippen LogP contribution in [-0.4, -0.2) is 9.13 Å². The molecule has 0 spiro atoms. The Kier molecular flexibility index (Phi) is 2.88. The van der Waals surface area contributed by atoms with E-state index in [2.05, 4.69) is 0 Å². The maximum atomic E-state index is 12.4. The van der Waals surface area contributed by atoms with E-state index in [0.717, 1.165) is 16.7 Å². The number of hydrogen-bond acceptors (Lipinski definition) is 1. The Morgan fingerprint density at radius 3 is 2.16 bits per heavy atom. The SMILES string of the molecule is Cn1c(=O)n(-c2ccccc2)c2cc(Cl)c(Cl)cc21. The zero-order valence-electron chi connectivity index (χ0n) is 10.1. The number of rotatable bonds is 1. The summed E-state index contributed by atoms with van der Waals surface area (Å²) in [6.07, 6.45) is 0. The van der Waals surface area contributed by atoms with Gasteiger partial charge in [-0.2, -0.15) is 0 Å². The summed E-state index contributed by atoms with van der Waals surface area (Å²) in [5.41, 5.74) is 2.17. The molecule has 0 fully saturated rings. The van der Waals surface area contributed by atoms with Crippen LogP contribution in [0.1, 0.15) is 0 Å². The summed E-state index contributed by atoms with van der Waals surface area (Å²) < 4.78 is 3.18. The zero-order chi connectivity index (χ0) is 13.6. The lowest BCUT2D eigenvalue weighted by molar-refractivity contribution is 0.846. The summed E-state index contributed by atoms with van der Waals surface area (Å²) >= 11 is 12.1. The van der Waals surface area contributed by atoms with E-state index in [1.165, 1.54) is 0 Å². The Hall–Kier alpha value is -1.71. The number of para-hydroxylation sites is 1. The molecule has 96 valence electrons. The number of fused-ring (bicyclic) bond motifs is 1. The van der Waals surface area contributed by atoms with Crippen LogP contribution in [0.2, 0.25) is 10.0 Å². The second-order valence-corrected chi connectivity index (χ2v) is 5.08. The molecule has 5 heteroatoms. The normalized spacial score (nSPS) is 11.1. The van der Waals surface area contributed by atoms with Crippen molar-refractivity contribution in [3.05, 3.63) is 63.0 Å². The van der Waals surface area contributed by atoms with Gasteiger partial charge in [-0.05, 0) is 24.3 Å². The van der Waals surface area contributed by atoms with Crippen molar-refractivity contribution in [3.63, 3.8) is 0 Å². The van der Waals surface area contributed by atoms with Gasteiger partial charge in [0.1, 0.15) is 0 Å². The number of benzene rings is 2. The molecule has 0 aliphatic rings. The van der Waals surface area contributed by atoms with Crippen LogP contribution in [-0.2, 0) is 7.05 Å². The first-order valence-electron chi connectivity index (χ1n) is 5.71. The van der Waals surface area contributed by atoms with Crippen molar-refractivity contribution in [2.45, 2.75) is 0 Å². The summed E-state index contributed by atoms with van der Waals surface area (Å²) in [4.78, 5) is 12.4. The van der Waals surface area contributed by atoms with Gasteiger partial charge < -0.3 is 0 Å². The highest BCUT2D eigenvalue weighted by atomic mass is 35.5. The van der Waals surface area contributed by atoms with Crippen LogP contribution >= 0.6 is 23.2 Å². The van der Waals surface area contributed by atoms with Gasteiger partial charge in [0.2, 0.25) is 0 Å². The highest BCUT2D eigenvalue weighted by Gasteiger charge is 2.14. The Balaban J connectivity index is 2.46. The van der Waals surface area contributed by atoms with E-state index < -0.39 is 0 Å². The monoisotopic (exact) mass is 292 g/mol. The van der Waals surface area contributed by atoms with E-state index in [1.807, 2.05) is 30.3 Å². The molecule has 1 aromatic heterocycles. The van der Waals surface area contributed by atoms with E-state index in [-0.39, 0.29) is 5.69 Å². The van der Waals surface area contributed by atoms with Gasteiger partial charge in [-0.15, -0.1) is 0 Å². The quantitative estimate of drug-likeness (QED) is 0.673. The molecular formula is C14H10Cl2N2O. The number of nitrogens with zero attached hydrogens (tertiary/aromatic N) is 2. The molecular weight excluding hydrogens is 283 g/mol. The van der Waals surface area contributed by atoms with Gasteiger partial charge in [-0.1, -0.05) is 41.4 Å². The molecule has 0 aliphatic carbocycles. The maximum Gasteiger partial charge on any atom is 0.333 e. The predicted octanol–water partition coefficient (Wildman–Crippen LogP) is 3.64. The van der Waals surface area contributed by atoms with Crippen molar-refractivity contribution in [1.29, 1.82) is 0 Å². The zero-order valence-corrected chi connectivity index (χ0v) is 11.6. The topological polar surface area (TPSA) is 26.9 Å². The maximum absolute atomic E-state index is 12.4. The first-order chi connectivity index (χ1) is 9.09. The molecule has 0 atom stereocenters. The molecule has 3 aromatic rings. The molecule has 0 bridgehead atoms. The highest BCUT2D eigenvalue weighted by molar-refractivity contribution is 6.42. The summed E-state index contributed by atoms with van der Waals surface area (Å²) in [7, 11) is 1.72. The lowest BCUT2D eigenvalue weighted by Gasteiger charge is -2.03. The minimum atomic E-state index is -0.125. The van der Waals surface area contributed by atoms with Crippen molar-refractivity contribution in [3.8, 4) is 5.69 Å². The smallest absolute Gasteiger partial charge is 0.295 e. The van der Waals surface area contributed by atoms with Gasteiger partial charge >= 0.3 is 5.69 Å². The van der Waals surface area contributed by atoms with Crippen LogP contribution in [0.4, 0.5) is 0 Å². The molecule has 0 aliphatic heterocycles. The van der Waals surface area contributed by atoms with Gasteiger partial charge in [0.05, 0.1) is 26.8 Å². The van der Waals surface area contributed by atoms with Crippen LogP contribution in [0.3, 0.4) is 0 Å². The molecule has 2 aromatic carbocycles. The van der Waals surface area contributed by atoms with Crippen molar-refractivity contribution in [1.82, 2.24) is 9.13 Å². The minimum Gasteiger partial charge on any atom is -0.295 e. The number of aromatic nitrogens is 2. The molecule has 0 saturated carbocycles. The first-order valence-corrected chi connectivity index (χ1v) is 6.47. The van der Waals surface area contributed by atoms with Gasteiger partial charge in [0, 0.05) is 7.05 Å². The fourth-order valence-electron chi connectivity index (χ4n) is 2.16. The Labute approximate surface area is 119 Å². The molecule has 0 N–H and O–H groups in total. The summed E-state index contributed by atoms with van der Waals surface area (Å²) in [6.45, 7) is 0. The molecule has 0 unspecified atom stereocenters. The summed E-state index contributed by atoms with van der Waals surface area (Å²) in [6, 6.07) is 12.9. The van der Waals surface area contributed by atoms with Crippen LogP contribution < -0.4 is 5.69 Å². The standard InChI is InChI=1S/C14H10Cl2N2O/c1-17-12-7-10(15)11(16)8-13(12)18(14(17)19)9-5-3-2-4-6-9/h2-8H,1H3. The van der Waals surface area contributed by atoms with Gasteiger partial charge in [0.25, 0.3) is 0 Å². The summed E-state index contributed by atoms with van der Waals surface area (Å²) in [5, 5.41) is 0.874. The average molecular weight is 293 g/mol. The first kappa shape index (κ1) is 12.3. The lowest BCUT2D eigenvalue weighted by Crippen LogP contribution is -2.20. The predicted molar refractivity (Wildman–Crippen MR) is 78.5 cm³/mol. The number of aryl methyl sites for hydroxylation is 1. The molecule has 0 saturated heterocycles. The van der Waals surface area contributed by atoms with E-state index in [1.54, 1.807) is 28.3 Å². The van der Waals surface area contributed by atoms with Gasteiger partial charge in [0.15, 0.2) is 0 Å². The van der Waals surface area contributed by atoms with Crippen molar-refractivity contribution in [2.75, 3.05) is 0 Å². The molecule has 19 heavy (non-hydrogen) atoms. The Bertz CT molecular complexity index is 819. The third kappa shape index (κ3) is 1.86. The number of halogens is 2. The minimum absolute atomic E-state index is 0.125. The van der Waals surface area contributed by atoms with Crippen LogP contribution in [0, 0.1) is 0 Å². The Morgan fingerprint density at radius 1 is 0.947 bits per heavy atom. The van der Waals surface area contributed by atoms with E-state index in [4.69, 9.17) is 23.2 Å². The van der Waals surface area contributed by atoms with E-state index >= 15 is 0 Å². The van der Waals surface area contributed by atoms with Crippen molar-refractivity contribution < 1.29 is 0 Å². The second kappa shape index (κ2) is 4.44. The van der Waals surface area contributed by atoms with Crippen molar-refractivity contribution >= 4 is 34.2 Å². The fraction of sp³-hybridized carbons (Fsp3) is 0.0714. The number of imidazole rings is 1. The third-order valence-electron chi connectivity index (χ3n) is 3.11. The van der Waals surface area contributed by atoms with Crippen LogP contribution in [0.15, 0.2) is 47.3 Å². The molecule has 1 heterocycles. The van der Waals surface area contributed by atoms with Gasteiger partial charge in [-0.25, -0.2) is 4.79 Å². The molecule has 0 radical (unpaired) electrons. The van der Waals surface area contributed by atoms with Crippen LogP contribution in [0.5, 0.6) is 0 Å². The average Bonchev–Trinajstić information content (AvgIpc) is 2.64. The van der Waals surface area contributed by atoms with E-state index in [9.17, 15) is 4.79 Å². The highest BCUT2D eigenvalue weighted by Crippen LogP contribution is 2.28. The lowest BCUT2D eigenvalue weighted by atomic mass is 10.3. The Morgan fingerprint density at radius 2 is 1.53 bits per heavy atom. The molecule has 3 nitrogen and oxygen atoms in total. The third-order valence-corrected chi connectivity index (χ3v) is 3.83. The van der Waals surface area contributed by atoms with E-state index in [0.29, 0.717) is 10.0 Å². The fourth-order valence-corrected chi connectivity index (χ4v) is 2.47. The largest absolute Gasteiger partial charge is 0.333 e. The van der Waals surface area contributed by atoms with Crippen molar-refractivity contribution in [2.24, 2.45) is 7.05 Å². The van der Waals surface area contributed by atoms with Crippen LogP contribution in [0.25, 0.3) is 16.7 Å². The molecule has 3 rings (SSSR count). The van der Waals surface area contributed by atoms with Gasteiger partial charge in [-0.3, -0.25) is 9.13 Å². The second-order valence-electron chi connectivity index (χ2n) is 4.27. The molecule has 0 amide bonds. The number of hydrogen-bond donors (Lipinski definition) is 0. The summed E-state index contributed by atoms with van der Waals surface area (Å²) in [5.74, 6) is 0.